The van der Waals surface area contributed by atoms with E-state index in [4.69, 9.17) is 5.84 Å². The van der Waals surface area contributed by atoms with Crippen molar-refractivity contribution in [2.24, 2.45) is 0 Å². The molecule has 0 aliphatic carbocycles. The second-order valence-corrected chi connectivity index (χ2v) is 8.26. The fourth-order valence-corrected chi connectivity index (χ4v) is 4.17. The third kappa shape index (κ3) is 4.93. The maximum atomic E-state index is 14.2. The summed E-state index contributed by atoms with van der Waals surface area (Å²) in [5.41, 5.74) is 1.92. The zero-order valence-corrected chi connectivity index (χ0v) is 18.4. The van der Waals surface area contributed by atoms with Crippen molar-refractivity contribution in [2.75, 3.05) is 11.2 Å². The summed E-state index contributed by atoms with van der Waals surface area (Å²) in [7, 11) is 0. The van der Waals surface area contributed by atoms with Gasteiger partial charge in [-0.2, -0.15) is 0 Å². The van der Waals surface area contributed by atoms with Gasteiger partial charge in [-0.15, -0.1) is 10.2 Å². The Balaban J connectivity index is 1.64. The lowest BCUT2D eigenvalue weighted by Crippen LogP contribution is -2.20. The molecule has 0 aliphatic rings. The lowest BCUT2D eigenvalue weighted by molar-refractivity contribution is -0.115. The number of thioether (sulfide) groups is 1. The van der Waals surface area contributed by atoms with Crippen molar-refractivity contribution in [1.82, 2.24) is 14.9 Å². The number of halogens is 1. The molecule has 0 radical (unpaired) electrons. The van der Waals surface area contributed by atoms with Gasteiger partial charge < -0.3 is 11.2 Å². The van der Waals surface area contributed by atoms with E-state index in [1.54, 1.807) is 42.5 Å². The first-order chi connectivity index (χ1) is 15.9. The number of ketones is 1. The molecule has 4 aromatic rings. The monoisotopic (exact) mass is 461 g/mol. The molecule has 0 saturated heterocycles. The molecule has 9 heteroatoms. The number of carbonyl (C=O) groups excluding carboxylic acids is 2. The third-order valence-corrected chi connectivity index (χ3v) is 6.09. The van der Waals surface area contributed by atoms with Gasteiger partial charge in [0, 0.05) is 11.3 Å². The van der Waals surface area contributed by atoms with Crippen LogP contribution >= 0.6 is 11.8 Å². The van der Waals surface area contributed by atoms with Crippen LogP contribution in [0.4, 0.5) is 10.1 Å². The zero-order valence-electron chi connectivity index (χ0n) is 17.6. The fraction of sp³-hybridized carbons (Fsp3) is 0.0833. The van der Waals surface area contributed by atoms with Crippen LogP contribution in [-0.4, -0.2) is 26.6 Å². The molecule has 0 spiro atoms. The van der Waals surface area contributed by atoms with E-state index < -0.39 is 11.1 Å². The van der Waals surface area contributed by atoms with Gasteiger partial charge in [0.25, 0.3) is 0 Å². The van der Waals surface area contributed by atoms with Crippen LogP contribution in [0, 0.1) is 5.82 Å². The molecule has 1 amide bonds. The molecular formula is C24H20FN5O2S. The van der Waals surface area contributed by atoms with Crippen molar-refractivity contribution in [2.45, 2.75) is 17.3 Å². The molecule has 1 aromatic heterocycles. The molecule has 3 aromatic carbocycles. The number of amides is 1. The van der Waals surface area contributed by atoms with E-state index in [0.29, 0.717) is 11.3 Å². The number of nitrogens with zero attached hydrogens (tertiary/aromatic N) is 3. The Morgan fingerprint density at radius 2 is 1.73 bits per heavy atom. The van der Waals surface area contributed by atoms with E-state index in [1.807, 2.05) is 30.3 Å². The maximum absolute atomic E-state index is 14.2. The van der Waals surface area contributed by atoms with Crippen LogP contribution < -0.4 is 11.2 Å². The topological polar surface area (TPSA) is 103 Å². The second kappa shape index (κ2) is 9.66. The number of benzene rings is 3. The van der Waals surface area contributed by atoms with E-state index in [-0.39, 0.29) is 28.2 Å². The van der Waals surface area contributed by atoms with Crippen LogP contribution in [0.5, 0.6) is 0 Å². The molecular weight excluding hydrogens is 441 g/mol. The molecule has 1 atom stereocenters. The fourth-order valence-electron chi connectivity index (χ4n) is 3.21. The highest BCUT2D eigenvalue weighted by molar-refractivity contribution is 8.00. The number of anilines is 1. The molecule has 1 heterocycles. The lowest BCUT2D eigenvalue weighted by Gasteiger charge is -2.17. The summed E-state index contributed by atoms with van der Waals surface area (Å²) in [6.07, 6.45) is 0. The Hall–Kier alpha value is -3.98. The number of nitrogens with one attached hydrogen (secondary N) is 1. The van der Waals surface area contributed by atoms with Crippen molar-refractivity contribution in [3.8, 4) is 11.4 Å². The molecule has 33 heavy (non-hydrogen) atoms. The Bertz CT molecular complexity index is 1310. The molecule has 0 bridgehead atoms. The summed E-state index contributed by atoms with van der Waals surface area (Å²) in [5.74, 6) is 5.41. The van der Waals surface area contributed by atoms with E-state index in [2.05, 4.69) is 15.5 Å². The Labute approximate surface area is 193 Å². The molecule has 0 saturated carbocycles. The summed E-state index contributed by atoms with van der Waals surface area (Å²) < 4.78 is 15.4. The quantitative estimate of drug-likeness (QED) is 0.239. The lowest BCUT2D eigenvalue weighted by atomic mass is 10.1. The first kappa shape index (κ1) is 22.2. The first-order valence-corrected chi connectivity index (χ1v) is 10.9. The number of nitrogen functional groups attached to an aromatic ring is 1. The van der Waals surface area contributed by atoms with Gasteiger partial charge in [-0.05, 0) is 36.8 Å². The Kier molecular flexibility index (Phi) is 6.50. The van der Waals surface area contributed by atoms with Crippen molar-refractivity contribution in [1.29, 1.82) is 0 Å². The number of hydrogen-bond donors (Lipinski definition) is 2. The van der Waals surface area contributed by atoms with Gasteiger partial charge in [0.05, 0.1) is 5.56 Å². The second-order valence-electron chi connectivity index (χ2n) is 7.19. The molecule has 0 fully saturated rings. The Morgan fingerprint density at radius 3 is 2.45 bits per heavy atom. The molecule has 7 nitrogen and oxygen atoms in total. The van der Waals surface area contributed by atoms with Crippen LogP contribution in [0.1, 0.15) is 28.1 Å². The van der Waals surface area contributed by atoms with Crippen LogP contribution in [0.25, 0.3) is 11.4 Å². The van der Waals surface area contributed by atoms with Gasteiger partial charge in [-0.1, -0.05) is 66.4 Å². The normalized spacial score (nSPS) is 11.7. The molecule has 0 aliphatic heterocycles. The van der Waals surface area contributed by atoms with Crippen LogP contribution in [0.2, 0.25) is 0 Å². The highest BCUT2D eigenvalue weighted by Crippen LogP contribution is 2.36. The van der Waals surface area contributed by atoms with Crippen LogP contribution in [-0.2, 0) is 4.79 Å². The van der Waals surface area contributed by atoms with E-state index in [9.17, 15) is 14.0 Å². The van der Waals surface area contributed by atoms with E-state index in [1.165, 1.54) is 17.7 Å². The van der Waals surface area contributed by atoms with Crippen molar-refractivity contribution < 1.29 is 14.0 Å². The summed E-state index contributed by atoms with van der Waals surface area (Å²) in [4.78, 5) is 25.0. The zero-order chi connectivity index (χ0) is 23.4. The van der Waals surface area contributed by atoms with Crippen molar-refractivity contribution >= 4 is 29.1 Å². The average Bonchev–Trinajstić information content (AvgIpc) is 3.18. The highest BCUT2D eigenvalue weighted by Gasteiger charge is 2.26. The van der Waals surface area contributed by atoms with E-state index >= 15 is 0 Å². The van der Waals surface area contributed by atoms with Crippen LogP contribution in [0.15, 0.2) is 84.0 Å². The van der Waals surface area contributed by atoms with Crippen molar-refractivity contribution in [3.63, 3.8) is 0 Å². The average molecular weight is 462 g/mol. The van der Waals surface area contributed by atoms with Crippen LogP contribution in [0.3, 0.4) is 0 Å². The summed E-state index contributed by atoms with van der Waals surface area (Å²) >= 11 is 1.09. The van der Waals surface area contributed by atoms with Gasteiger partial charge in [0.1, 0.15) is 11.1 Å². The maximum Gasteiger partial charge on any atom is 0.242 e. The smallest absolute Gasteiger partial charge is 0.242 e. The van der Waals surface area contributed by atoms with E-state index in [0.717, 1.165) is 17.3 Å². The van der Waals surface area contributed by atoms with Crippen molar-refractivity contribution in [3.05, 3.63) is 95.8 Å². The molecule has 0 unspecified atom stereocenters. The highest BCUT2D eigenvalue weighted by atomic mass is 32.2. The number of Topliss-reactive ketones (excluding diaryl/α,β-unsaturated/α-hetero) is 1. The third-order valence-electron chi connectivity index (χ3n) is 4.88. The van der Waals surface area contributed by atoms with Gasteiger partial charge in [-0.3, -0.25) is 9.59 Å². The molecule has 4 rings (SSSR count). The minimum absolute atomic E-state index is 0.100. The predicted octanol–water partition coefficient (Wildman–Crippen LogP) is 4.47. The number of aromatic nitrogens is 3. The van der Waals surface area contributed by atoms with Gasteiger partial charge in [-0.25, -0.2) is 9.07 Å². The van der Waals surface area contributed by atoms with Gasteiger partial charge >= 0.3 is 0 Å². The first-order valence-electron chi connectivity index (χ1n) is 10.0. The number of rotatable bonds is 7. The minimum atomic E-state index is -0.729. The largest absolute Gasteiger partial charge is 0.335 e. The molecule has 3 N–H and O–H groups in total. The number of carbonyl (C=O) groups is 2. The predicted molar refractivity (Wildman–Crippen MR) is 126 cm³/mol. The number of hydrogen-bond acceptors (Lipinski definition) is 6. The Morgan fingerprint density at radius 1 is 1.00 bits per heavy atom. The SMILES string of the molecule is CC(=O)c1cccc(NC(=O)[C@@H](Sc2nnc(-c3ccccc3F)n2N)c2ccccc2)c1. The standard InChI is InChI=1S/C24H20FN5O2S/c1-15(31)17-10-7-11-18(14-17)27-23(32)21(16-8-3-2-4-9-16)33-24-29-28-22(30(24)26)19-12-5-6-13-20(19)25/h2-14,21H,26H2,1H3,(H,27,32)/t21-/m0/s1. The summed E-state index contributed by atoms with van der Waals surface area (Å²) in [6.45, 7) is 1.46. The summed E-state index contributed by atoms with van der Waals surface area (Å²) in [6, 6.07) is 22.0. The summed E-state index contributed by atoms with van der Waals surface area (Å²) in [5, 5.41) is 10.5. The molecule has 166 valence electrons. The van der Waals surface area contributed by atoms with Gasteiger partial charge in [0.15, 0.2) is 11.6 Å². The number of nitrogens with two attached hydrogens (primary N) is 1. The minimum Gasteiger partial charge on any atom is -0.335 e. The van der Waals surface area contributed by atoms with Gasteiger partial charge in [0.2, 0.25) is 11.1 Å².